The first-order chi connectivity index (χ1) is 15.3. The van der Waals surface area contributed by atoms with Gasteiger partial charge in [-0.15, -0.1) is 0 Å². The zero-order valence-electron chi connectivity index (χ0n) is 18.2. The molecule has 0 bridgehead atoms. The van der Waals surface area contributed by atoms with Crippen molar-refractivity contribution in [1.82, 2.24) is 14.7 Å². The molecule has 3 aromatic rings. The Morgan fingerprint density at radius 3 is 2.41 bits per heavy atom. The van der Waals surface area contributed by atoms with Crippen molar-refractivity contribution in [1.29, 1.82) is 0 Å². The van der Waals surface area contributed by atoms with Crippen LogP contribution in [0.15, 0.2) is 48.5 Å². The van der Waals surface area contributed by atoms with E-state index in [2.05, 4.69) is 5.10 Å². The van der Waals surface area contributed by atoms with Crippen molar-refractivity contribution in [2.75, 3.05) is 20.2 Å². The Bertz CT molecular complexity index is 1090. The first-order valence-electron chi connectivity index (χ1n) is 10.2. The molecule has 2 aromatic carbocycles. The van der Waals surface area contributed by atoms with Crippen molar-refractivity contribution in [3.8, 4) is 5.75 Å². The highest BCUT2D eigenvalue weighted by molar-refractivity contribution is 6.30. The van der Waals surface area contributed by atoms with E-state index in [9.17, 15) is 14.9 Å². The van der Waals surface area contributed by atoms with E-state index in [1.54, 1.807) is 54.7 Å². The summed E-state index contributed by atoms with van der Waals surface area (Å²) in [7, 11) is 1.76. The number of amides is 1. The van der Waals surface area contributed by atoms with Gasteiger partial charge in [0.2, 0.25) is 0 Å². The van der Waals surface area contributed by atoms with Gasteiger partial charge >= 0.3 is 5.69 Å². The third-order valence-electron chi connectivity index (χ3n) is 5.13. The smallest absolute Gasteiger partial charge is 0.312 e. The topological polar surface area (TPSA) is 90.5 Å². The van der Waals surface area contributed by atoms with Gasteiger partial charge < -0.3 is 9.64 Å². The Labute approximate surface area is 191 Å². The van der Waals surface area contributed by atoms with Gasteiger partial charge in [-0.25, -0.2) is 0 Å². The number of halogens is 1. The van der Waals surface area contributed by atoms with Crippen LogP contribution < -0.4 is 4.74 Å². The van der Waals surface area contributed by atoms with Crippen LogP contribution in [0.1, 0.15) is 33.7 Å². The molecule has 0 saturated carbocycles. The van der Waals surface area contributed by atoms with E-state index in [-0.39, 0.29) is 11.6 Å². The second kappa shape index (κ2) is 10.3. The highest BCUT2D eigenvalue weighted by Crippen LogP contribution is 2.22. The highest BCUT2D eigenvalue weighted by Gasteiger charge is 2.21. The van der Waals surface area contributed by atoms with Crippen LogP contribution in [0.5, 0.6) is 5.75 Å². The van der Waals surface area contributed by atoms with Crippen molar-refractivity contribution < 1.29 is 14.5 Å². The lowest BCUT2D eigenvalue weighted by molar-refractivity contribution is -0.386. The Morgan fingerprint density at radius 1 is 1.16 bits per heavy atom. The summed E-state index contributed by atoms with van der Waals surface area (Å²) in [6, 6.07) is 14.4. The summed E-state index contributed by atoms with van der Waals surface area (Å²) in [6.45, 7) is 4.75. The largest absolute Gasteiger partial charge is 0.494 e. The molecule has 1 amide bonds. The molecule has 9 heteroatoms. The van der Waals surface area contributed by atoms with Crippen LogP contribution in [0.2, 0.25) is 5.02 Å². The van der Waals surface area contributed by atoms with Gasteiger partial charge in [0.25, 0.3) is 5.91 Å². The van der Waals surface area contributed by atoms with E-state index >= 15 is 0 Å². The van der Waals surface area contributed by atoms with Crippen LogP contribution in [0.3, 0.4) is 0 Å². The van der Waals surface area contributed by atoms with Crippen molar-refractivity contribution in [2.45, 2.75) is 26.8 Å². The summed E-state index contributed by atoms with van der Waals surface area (Å²) in [5, 5.41) is 16.1. The molecular weight excluding hydrogens is 432 g/mol. The predicted molar refractivity (Wildman–Crippen MR) is 122 cm³/mol. The molecular formula is C23H25ClN4O4. The van der Waals surface area contributed by atoms with Crippen LogP contribution in [0, 0.1) is 24.0 Å². The molecule has 0 spiro atoms. The molecule has 3 rings (SSSR count). The molecule has 168 valence electrons. The molecule has 0 atom stereocenters. The van der Waals surface area contributed by atoms with E-state index in [0.29, 0.717) is 48.1 Å². The number of benzene rings is 2. The van der Waals surface area contributed by atoms with E-state index in [4.69, 9.17) is 16.3 Å². The van der Waals surface area contributed by atoms with E-state index in [0.717, 1.165) is 11.3 Å². The number of aryl methyl sites for hydroxylation is 1. The molecule has 0 N–H and O–H groups in total. The number of carbonyl (C=O) groups is 1. The van der Waals surface area contributed by atoms with Gasteiger partial charge in [0.15, 0.2) is 0 Å². The van der Waals surface area contributed by atoms with Crippen LogP contribution in [-0.4, -0.2) is 45.7 Å². The van der Waals surface area contributed by atoms with E-state index in [1.165, 1.54) is 0 Å². The second-order valence-electron chi connectivity index (χ2n) is 7.51. The minimum atomic E-state index is -0.410. The van der Waals surface area contributed by atoms with Crippen molar-refractivity contribution in [3.63, 3.8) is 0 Å². The first-order valence-corrected chi connectivity index (χ1v) is 10.5. The van der Waals surface area contributed by atoms with Crippen molar-refractivity contribution in [3.05, 3.63) is 86.2 Å². The lowest BCUT2D eigenvalue weighted by Gasteiger charge is -2.17. The number of carbonyl (C=O) groups excluding carboxylic acids is 1. The molecule has 1 heterocycles. The summed E-state index contributed by atoms with van der Waals surface area (Å²) in [4.78, 5) is 25.1. The Kier molecular flexibility index (Phi) is 7.48. The van der Waals surface area contributed by atoms with Gasteiger partial charge in [-0.1, -0.05) is 23.7 Å². The zero-order chi connectivity index (χ0) is 23.3. The lowest BCUT2D eigenvalue weighted by atomic mass is 10.1. The zero-order valence-corrected chi connectivity index (χ0v) is 19.0. The van der Waals surface area contributed by atoms with Gasteiger partial charge in [-0.05, 0) is 62.2 Å². The summed E-state index contributed by atoms with van der Waals surface area (Å²) in [5.41, 5.74) is 2.42. The maximum atomic E-state index is 12.7. The lowest BCUT2D eigenvalue weighted by Crippen LogP contribution is -2.28. The summed E-state index contributed by atoms with van der Waals surface area (Å²) in [6.07, 6.45) is 0.694. The Balaban J connectivity index is 1.52. The third kappa shape index (κ3) is 5.64. The SMILES string of the molecule is Cc1nn(Cc2ccc(C(=O)N(C)CCCOc3ccc(Cl)cc3)cc2)c(C)c1[N+](=O)[O-]. The molecule has 32 heavy (non-hydrogen) atoms. The number of rotatable bonds is 9. The van der Waals surface area contributed by atoms with Crippen LogP contribution in [0.25, 0.3) is 0 Å². The van der Waals surface area contributed by atoms with Gasteiger partial charge in [-0.3, -0.25) is 19.6 Å². The standard InChI is InChI=1S/C23H25ClN4O4/c1-16-22(28(30)31)17(2)27(25-16)15-18-5-7-19(8-6-18)23(29)26(3)13-4-14-32-21-11-9-20(24)10-12-21/h5-12H,4,13-15H2,1-3H3. The monoisotopic (exact) mass is 456 g/mol. The van der Waals surface area contributed by atoms with Gasteiger partial charge in [0.05, 0.1) is 18.1 Å². The molecule has 1 aromatic heterocycles. The number of ether oxygens (including phenoxy) is 1. The molecule has 0 aliphatic rings. The fourth-order valence-electron chi connectivity index (χ4n) is 3.38. The van der Waals surface area contributed by atoms with E-state index < -0.39 is 4.92 Å². The third-order valence-corrected chi connectivity index (χ3v) is 5.38. The maximum Gasteiger partial charge on any atom is 0.312 e. The number of nitrogens with zero attached hydrogens (tertiary/aromatic N) is 4. The predicted octanol–water partition coefficient (Wildman–Crippen LogP) is 4.65. The quantitative estimate of drug-likeness (QED) is 0.265. The number of hydrogen-bond donors (Lipinski definition) is 0. The van der Waals surface area contributed by atoms with Crippen LogP contribution >= 0.6 is 11.6 Å². The number of aromatic nitrogens is 2. The second-order valence-corrected chi connectivity index (χ2v) is 7.95. The molecule has 0 radical (unpaired) electrons. The maximum absolute atomic E-state index is 12.7. The molecule has 8 nitrogen and oxygen atoms in total. The Hall–Kier alpha value is -3.39. The van der Waals surface area contributed by atoms with Gasteiger partial charge in [-0.2, -0.15) is 5.10 Å². The van der Waals surface area contributed by atoms with Crippen molar-refractivity contribution >= 4 is 23.2 Å². The fraction of sp³-hybridized carbons (Fsp3) is 0.304. The van der Waals surface area contributed by atoms with Crippen molar-refractivity contribution in [2.24, 2.45) is 0 Å². The summed E-state index contributed by atoms with van der Waals surface area (Å²) >= 11 is 5.85. The van der Waals surface area contributed by atoms with Crippen LogP contribution in [-0.2, 0) is 6.54 Å². The minimum absolute atomic E-state index is 0.0402. The molecule has 0 saturated heterocycles. The van der Waals surface area contributed by atoms with Gasteiger partial charge in [0.1, 0.15) is 17.1 Å². The Morgan fingerprint density at radius 2 is 1.81 bits per heavy atom. The van der Waals surface area contributed by atoms with E-state index in [1.807, 2.05) is 24.3 Å². The normalized spacial score (nSPS) is 10.8. The minimum Gasteiger partial charge on any atom is -0.494 e. The van der Waals surface area contributed by atoms with Gasteiger partial charge in [0, 0.05) is 24.2 Å². The molecule has 0 aliphatic carbocycles. The molecule has 0 fully saturated rings. The number of nitro groups is 1. The highest BCUT2D eigenvalue weighted by atomic mass is 35.5. The molecule has 0 aliphatic heterocycles. The molecule has 0 unspecified atom stereocenters. The summed E-state index contributed by atoms with van der Waals surface area (Å²) < 4.78 is 7.26. The summed E-state index contributed by atoms with van der Waals surface area (Å²) in [5.74, 6) is 0.664. The first kappa shape index (κ1) is 23.3. The average molecular weight is 457 g/mol. The van der Waals surface area contributed by atoms with Crippen LogP contribution in [0.4, 0.5) is 5.69 Å². The number of hydrogen-bond acceptors (Lipinski definition) is 5. The fourth-order valence-corrected chi connectivity index (χ4v) is 3.50. The average Bonchev–Trinajstić information content (AvgIpc) is 3.05.